The Hall–Kier alpha value is -0.860. The fourth-order valence-corrected chi connectivity index (χ4v) is 1.97. The van der Waals surface area contributed by atoms with Crippen LogP contribution in [0, 0.1) is 13.8 Å². The predicted molar refractivity (Wildman–Crippen MR) is 52.5 cm³/mol. The average molecular weight is 177 g/mol. The molecule has 0 aliphatic carbocycles. The lowest BCUT2D eigenvalue weighted by molar-refractivity contribution is 0.0916. The molecule has 2 N–H and O–H groups in total. The molecule has 1 aliphatic rings. The summed E-state index contributed by atoms with van der Waals surface area (Å²) in [5.74, 6) is 0. The largest absolute Gasteiger partial charge is 0.375 e. The first kappa shape index (κ1) is 8.73. The average Bonchev–Trinajstić information content (AvgIpc) is 2.12. The third-order valence-corrected chi connectivity index (χ3v) is 2.72. The van der Waals surface area contributed by atoms with Crippen LogP contribution < -0.4 is 5.73 Å². The van der Waals surface area contributed by atoms with Gasteiger partial charge in [-0.2, -0.15) is 0 Å². The zero-order chi connectivity index (χ0) is 9.42. The molecule has 1 aromatic carbocycles. The minimum absolute atomic E-state index is 0.0589. The van der Waals surface area contributed by atoms with Gasteiger partial charge in [-0.15, -0.1) is 0 Å². The summed E-state index contributed by atoms with van der Waals surface area (Å²) in [6.45, 7) is 5.59. The first-order valence-electron chi connectivity index (χ1n) is 4.62. The fraction of sp³-hybridized carbons (Fsp3) is 0.455. The number of fused-ring (bicyclic) bond motifs is 1. The van der Waals surface area contributed by atoms with Gasteiger partial charge in [0.2, 0.25) is 0 Å². The summed E-state index contributed by atoms with van der Waals surface area (Å²) in [6, 6.07) is 4.33. The SMILES string of the molecule is Cc1ccc(C)c2c1COC[C@@H]2N. The molecule has 0 amide bonds. The van der Waals surface area contributed by atoms with E-state index in [-0.39, 0.29) is 6.04 Å². The Bertz CT molecular complexity index is 333. The normalized spacial score (nSPS) is 21.3. The maximum Gasteiger partial charge on any atom is 0.0723 e. The molecular formula is C11H15NO. The molecule has 2 rings (SSSR count). The summed E-state index contributed by atoms with van der Waals surface area (Å²) >= 11 is 0. The molecule has 1 atom stereocenters. The van der Waals surface area contributed by atoms with Crippen molar-refractivity contribution in [2.75, 3.05) is 6.61 Å². The second-order valence-corrected chi connectivity index (χ2v) is 3.71. The van der Waals surface area contributed by atoms with Gasteiger partial charge in [-0.3, -0.25) is 0 Å². The number of hydrogen-bond acceptors (Lipinski definition) is 2. The van der Waals surface area contributed by atoms with Gasteiger partial charge in [0.15, 0.2) is 0 Å². The van der Waals surface area contributed by atoms with Gasteiger partial charge in [-0.05, 0) is 36.1 Å². The van der Waals surface area contributed by atoms with Crippen LogP contribution in [-0.4, -0.2) is 6.61 Å². The highest BCUT2D eigenvalue weighted by atomic mass is 16.5. The van der Waals surface area contributed by atoms with Gasteiger partial charge < -0.3 is 10.5 Å². The Kier molecular flexibility index (Phi) is 2.10. The zero-order valence-electron chi connectivity index (χ0n) is 8.13. The molecule has 70 valence electrons. The number of benzene rings is 1. The van der Waals surface area contributed by atoms with Crippen molar-refractivity contribution in [3.63, 3.8) is 0 Å². The Morgan fingerprint density at radius 3 is 2.69 bits per heavy atom. The zero-order valence-corrected chi connectivity index (χ0v) is 8.13. The predicted octanol–water partition coefficient (Wildman–Crippen LogP) is 1.83. The van der Waals surface area contributed by atoms with E-state index in [9.17, 15) is 0 Å². The molecule has 0 unspecified atom stereocenters. The maximum absolute atomic E-state index is 5.99. The Labute approximate surface area is 78.7 Å². The van der Waals surface area contributed by atoms with Crippen molar-refractivity contribution in [1.29, 1.82) is 0 Å². The molecule has 1 aromatic rings. The molecule has 0 spiro atoms. The van der Waals surface area contributed by atoms with Gasteiger partial charge >= 0.3 is 0 Å². The molecule has 2 heteroatoms. The van der Waals surface area contributed by atoms with Crippen molar-refractivity contribution >= 4 is 0 Å². The van der Waals surface area contributed by atoms with Gasteiger partial charge in [-0.25, -0.2) is 0 Å². The summed E-state index contributed by atoms with van der Waals surface area (Å²) in [5.41, 5.74) is 11.2. The van der Waals surface area contributed by atoms with Crippen molar-refractivity contribution in [1.82, 2.24) is 0 Å². The van der Waals surface area contributed by atoms with Gasteiger partial charge in [-0.1, -0.05) is 12.1 Å². The minimum Gasteiger partial charge on any atom is -0.375 e. The van der Waals surface area contributed by atoms with Crippen LogP contribution in [0.2, 0.25) is 0 Å². The lowest BCUT2D eigenvalue weighted by Gasteiger charge is -2.26. The van der Waals surface area contributed by atoms with E-state index in [1.54, 1.807) is 0 Å². The number of ether oxygens (including phenoxy) is 1. The summed E-state index contributed by atoms with van der Waals surface area (Å²) in [5, 5.41) is 0. The summed E-state index contributed by atoms with van der Waals surface area (Å²) in [6.07, 6.45) is 0. The molecule has 0 saturated carbocycles. The number of aryl methyl sites for hydroxylation is 2. The van der Waals surface area contributed by atoms with Crippen molar-refractivity contribution in [2.24, 2.45) is 5.73 Å². The van der Waals surface area contributed by atoms with E-state index in [0.29, 0.717) is 6.61 Å². The first-order chi connectivity index (χ1) is 6.20. The quantitative estimate of drug-likeness (QED) is 0.656. The monoisotopic (exact) mass is 177 g/mol. The van der Waals surface area contributed by atoms with Crippen LogP contribution in [0.3, 0.4) is 0 Å². The second kappa shape index (κ2) is 3.13. The van der Waals surface area contributed by atoms with Crippen molar-refractivity contribution < 1.29 is 4.74 Å². The first-order valence-corrected chi connectivity index (χ1v) is 4.62. The van der Waals surface area contributed by atoms with Crippen LogP contribution in [0.25, 0.3) is 0 Å². The third kappa shape index (κ3) is 1.36. The fourth-order valence-electron chi connectivity index (χ4n) is 1.97. The summed E-state index contributed by atoms with van der Waals surface area (Å²) in [7, 11) is 0. The lowest BCUT2D eigenvalue weighted by Crippen LogP contribution is -2.25. The molecule has 0 bridgehead atoms. The topological polar surface area (TPSA) is 35.2 Å². The highest BCUT2D eigenvalue weighted by molar-refractivity contribution is 5.42. The molecule has 0 aromatic heterocycles. The molecule has 0 radical (unpaired) electrons. The minimum atomic E-state index is 0.0589. The number of hydrogen-bond donors (Lipinski definition) is 1. The van der Waals surface area contributed by atoms with Crippen LogP contribution in [-0.2, 0) is 11.3 Å². The molecule has 1 heterocycles. The Morgan fingerprint density at radius 2 is 2.00 bits per heavy atom. The van der Waals surface area contributed by atoms with E-state index in [1.165, 1.54) is 22.3 Å². The van der Waals surface area contributed by atoms with E-state index in [0.717, 1.165) is 6.61 Å². The standard InChI is InChI=1S/C11H15NO/c1-7-3-4-8(2)11-9(7)5-13-6-10(11)12/h3-4,10H,5-6,12H2,1-2H3/t10-/m0/s1. The van der Waals surface area contributed by atoms with Gasteiger partial charge in [0.25, 0.3) is 0 Å². The van der Waals surface area contributed by atoms with Crippen LogP contribution in [0.15, 0.2) is 12.1 Å². The number of nitrogens with two attached hydrogens (primary N) is 1. The number of rotatable bonds is 0. The summed E-state index contributed by atoms with van der Waals surface area (Å²) < 4.78 is 5.42. The second-order valence-electron chi connectivity index (χ2n) is 3.71. The molecule has 0 fully saturated rings. The lowest BCUT2D eigenvalue weighted by atomic mass is 9.91. The molecule has 2 nitrogen and oxygen atoms in total. The molecular weight excluding hydrogens is 162 g/mol. The summed E-state index contributed by atoms with van der Waals surface area (Å²) in [4.78, 5) is 0. The third-order valence-electron chi connectivity index (χ3n) is 2.72. The van der Waals surface area contributed by atoms with E-state index in [4.69, 9.17) is 10.5 Å². The highest BCUT2D eigenvalue weighted by Crippen LogP contribution is 2.28. The van der Waals surface area contributed by atoms with E-state index >= 15 is 0 Å². The molecule has 1 aliphatic heterocycles. The van der Waals surface area contributed by atoms with Crippen molar-refractivity contribution in [3.8, 4) is 0 Å². The van der Waals surface area contributed by atoms with Gasteiger partial charge in [0, 0.05) is 0 Å². The van der Waals surface area contributed by atoms with Crippen molar-refractivity contribution in [3.05, 3.63) is 34.4 Å². The van der Waals surface area contributed by atoms with E-state index in [1.807, 2.05) is 0 Å². The van der Waals surface area contributed by atoms with Crippen LogP contribution >= 0.6 is 0 Å². The van der Waals surface area contributed by atoms with E-state index < -0.39 is 0 Å². The van der Waals surface area contributed by atoms with Gasteiger partial charge in [0.1, 0.15) is 0 Å². The molecule has 13 heavy (non-hydrogen) atoms. The van der Waals surface area contributed by atoms with Gasteiger partial charge in [0.05, 0.1) is 19.3 Å². The van der Waals surface area contributed by atoms with Crippen molar-refractivity contribution in [2.45, 2.75) is 26.5 Å². The smallest absolute Gasteiger partial charge is 0.0723 e. The Balaban J connectivity index is 2.60. The van der Waals surface area contributed by atoms with E-state index in [2.05, 4.69) is 26.0 Å². The molecule has 0 saturated heterocycles. The van der Waals surface area contributed by atoms with Crippen LogP contribution in [0.1, 0.15) is 28.3 Å². The van der Waals surface area contributed by atoms with Crippen LogP contribution in [0.5, 0.6) is 0 Å². The Morgan fingerprint density at radius 1 is 1.31 bits per heavy atom. The van der Waals surface area contributed by atoms with Crippen LogP contribution in [0.4, 0.5) is 0 Å². The highest BCUT2D eigenvalue weighted by Gasteiger charge is 2.20. The maximum atomic E-state index is 5.99.